The number of carboxylic acid groups (broad SMARTS) is 2. The monoisotopic (exact) mass is 489 g/mol. The molecule has 1 aromatic heterocycles. The summed E-state index contributed by atoms with van der Waals surface area (Å²) in [5.74, 6) is -4.52. The van der Waals surface area contributed by atoms with E-state index in [2.05, 4.69) is 10.6 Å². The van der Waals surface area contributed by atoms with Gasteiger partial charge >= 0.3 is 11.9 Å². The highest BCUT2D eigenvalue weighted by molar-refractivity contribution is 7.08. The normalized spacial score (nSPS) is 12.4. The van der Waals surface area contributed by atoms with Crippen molar-refractivity contribution in [3.05, 3.63) is 46.7 Å². The fraction of sp³-hybridized carbons (Fsp3) is 0.348. The topological polar surface area (TPSA) is 176 Å². The minimum atomic E-state index is -1.26. The van der Waals surface area contributed by atoms with Crippen molar-refractivity contribution >= 4 is 41.0 Å². The van der Waals surface area contributed by atoms with Crippen LogP contribution in [-0.4, -0.2) is 52.0 Å². The van der Waals surface area contributed by atoms with Crippen LogP contribution in [0.1, 0.15) is 37.7 Å². The smallest absolute Gasteiger partial charge is 0.303 e. The Balaban J connectivity index is 1.95. The second-order valence-electron chi connectivity index (χ2n) is 7.66. The van der Waals surface area contributed by atoms with Gasteiger partial charge in [-0.3, -0.25) is 24.0 Å². The number of amides is 3. The molecule has 1 aromatic carbocycles. The summed E-state index contributed by atoms with van der Waals surface area (Å²) >= 11 is 1.60. The predicted octanol–water partition coefficient (Wildman–Crippen LogP) is 1.53. The van der Waals surface area contributed by atoms with Gasteiger partial charge in [0.1, 0.15) is 12.1 Å². The number of carboxylic acids is 2. The first kappa shape index (κ1) is 26.5. The number of nitrogens with two attached hydrogens (primary N) is 1. The van der Waals surface area contributed by atoms with Crippen LogP contribution in [0.2, 0.25) is 0 Å². The molecule has 2 aromatic rings. The number of thiophene rings is 1. The summed E-state index contributed by atoms with van der Waals surface area (Å²) < 4.78 is 0. The summed E-state index contributed by atoms with van der Waals surface area (Å²) in [4.78, 5) is 58.3. The fourth-order valence-corrected chi connectivity index (χ4v) is 3.84. The number of carbonyl (C=O) groups is 5. The van der Waals surface area contributed by atoms with E-state index < -0.39 is 54.6 Å². The number of carbonyl (C=O) groups excluding carboxylic acids is 3. The van der Waals surface area contributed by atoms with E-state index >= 15 is 0 Å². The Morgan fingerprint density at radius 3 is 1.97 bits per heavy atom. The number of benzene rings is 1. The minimum Gasteiger partial charge on any atom is -0.481 e. The zero-order valence-corrected chi connectivity index (χ0v) is 19.2. The molecule has 6 N–H and O–H groups in total. The number of aliphatic carboxylic acids is 2. The third-order valence-corrected chi connectivity index (χ3v) is 5.74. The molecule has 0 spiro atoms. The third kappa shape index (κ3) is 9.02. The summed E-state index contributed by atoms with van der Waals surface area (Å²) in [7, 11) is 0. The van der Waals surface area contributed by atoms with E-state index in [0.29, 0.717) is 6.42 Å². The van der Waals surface area contributed by atoms with E-state index in [-0.39, 0.29) is 19.3 Å². The van der Waals surface area contributed by atoms with Gasteiger partial charge in [-0.25, -0.2) is 0 Å². The Kier molecular flexibility index (Phi) is 10.2. The van der Waals surface area contributed by atoms with Crippen LogP contribution in [0, 0.1) is 0 Å². The number of hydrogen-bond donors (Lipinski definition) is 5. The van der Waals surface area contributed by atoms with E-state index in [4.69, 9.17) is 15.9 Å². The van der Waals surface area contributed by atoms with E-state index in [9.17, 15) is 24.0 Å². The van der Waals surface area contributed by atoms with Crippen molar-refractivity contribution in [2.24, 2.45) is 5.73 Å². The van der Waals surface area contributed by atoms with Gasteiger partial charge in [-0.2, -0.15) is 11.3 Å². The van der Waals surface area contributed by atoms with E-state index in [1.54, 1.807) is 11.3 Å². The van der Waals surface area contributed by atoms with Crippen LogP contribution >= 0.6 is 11.3 Å². The van der Waals surface area contributed by atoms with Gasteiger partial charge < -0.3 is 26.6 Å². The fourth-order valence-electron chi connectivity index (χ4n) is 3.18. The van der Waals surface area contributed by atoms with Crippen LogP contribution in [0.15, 0.2) is 41.1 Å². The summed E-state index contributed by atoms with van der Waals surface area (Å²) in [6.07, 6.45) is -0.744. The number of aryl methyl sites for hydroxylation is 1. The quantitative estimate of drug-likeness (QED) is 0.267. The summed E-state index contributed by atoms with van der Waals surface area (Å²) in [5, 5.41) is 26.6. The SMILES string of the molecule is NC(=O)[C@H](CCC(=O)O)NC(=O)[C@H](CCC(=O)O)NC(=O)CCc1ccc(-c2ccsc2)cc1. The maximum absolute atomic E-state index is 12.6. The third-order valence-electron chi connectivity index (χ3n) is 5.05. The van der Waals surface area contributed by atoms with Crippen molar-refractivity contribution in [3.63, 3.8) is 0 Å². The molecule has 2 rings (SSSR count). The van der Waals surface area contributed by atoms with Gasteiger partial charge in [0.2, 0.25) is 17.7 Å². The Morgan fingerprint density at radius 2 is 1.44 bits per heavy atom. The van der Waals surface area contributed by atoms with Crippen LogP contribution < -0.4 is 16.4 Å². The summed E-state index contributed by atoms with van der Waals surface area (Å²) in [6.45, 7) is 0. The first-order chi connectivity index (χ1) is 16.2. The second-order valence-corrected chi connectivity index (χ2v) is 8.44. The predicted molar refractivity (Wildman–Crippen MR) is 125 cm³/mol. The molecule has 1 heterocycles. The molecule has 10 nitrogen and oxygen atoms in total. The molecule has 0 fully saturated rings. The zero-order chi connectivity index (χ0) is 25.1. The summed E-state index contributed by atoms with van der Waals surface area (Å²) in [6, 6.07) is 7.29. The molecule has 34 heavy (non-hydrogen) atoms. The molecule has 182 valence electrons. The van der Waals surface area contributed by atoms with Crippen LogP contribution in [0.5, 0.6) is 0 Å². The lowest BCUT2D eigenvalue weighted by atomic mass is 10.0. The van der Waals surface area contributed by atoms with Crippen LogP contribution in [-0.2, 0) is 30.4 Å². The first-order valence-corrected chi connectivity index (χ1v) is 11.5. The Labute approximate surface area is 200 Å². The maximum atomic E-state index is 12.6. The Hall–Kier alpha value is -3.73. The second kappa shape index (κ2) is 13.1. The Bertz CT molecular complexity index is 1010. The van der Waals surface area contributed by atoms with Crippen molar-refractivity contribution in [3.8, 4) is 11.1 Å². The van der Waals surface area contributed by atoms with Gasteiger partial charge in [0.25, 0.3) is 0 Å². The van der Waals surface area contributed by atoms with Gasteiger partial charge in [-0.1, -0.05) is 24.3 Å². The molecule has 0 saturated carbocycles. The highest BCUT2D eigenvalue weighted by atomic mass is 32.1. The lowest BCUT2D eigenvalue weighted by molar-refractivity contribution is -0.139. The zero-order valence-electron chi connectivity index (χ0n) is 18.4. The van der Waals surface area contributed by atoms with Gasteiger partial charge in [-0.05, 0) is 52.8 Å². The average Bonchev–Trinajstić information content (AvgIpc) is 3.32. The molecule has 0 aliphatic rings. The van der Waals surface area contributed by atoms with Gasteiger partial charge in [0.15, 0.2) is 0 Å². The highest BCUT2D eigenvalue weighted by Gasteiger charge is 2.26. The summed E-state index contributed by atoms with van der Waals surface area (Å²) in [5.41, 5.74) is 8.31. The van der Waals surface area contributed by atoms with E-state index in [1.165, 1.54) is 0 Å². The molecule has 2 atom stereocenters. The average molecular weight is 490 g/mol. The molecule has 0 saturated heterocycles. The molecule has 0 aliphatic carbocycles. The first-order valence-electron chi connectivity index (χ1n) is 10.6. The van der Waals surface area contributed by atoms with Gasteiger partial charge in [0.05, 0.1) is 0 Å². The molecular formula is C23H27N3O7S. The standard InChI is InChI=1S/C23H27N3O7S/c24-22(32)17(6-9-20(28)29)26-23(33)18(7-10-21(30)31)25-19(27)8-3-14-1-4-15(5-2-14)16-11-12-34-13-16/h1-2,4-5,11-13,17-18H,3,6-10H2,(H2,24,32)(H,25,27)(H,26,33)(H,28,29)(H,30,31)/t17-,18-/m0/s1. The van der Waals surface area contributed by atoms with Crippen LogP contribution in [0.4, 0.5) is 0 Å². The number of rotatable bonds is 14. The van der Waals surface area contributed by atoms with Gasteiger partial charge in [0, 0.05) is 19.3 Å². The lowest BCUT2D eigenvalue weighted by Gasteiger charge is -2.21. The van der Waals surface area contributed by atoms with Gasteiger partial charge in [-0.15, -0.1) is 0 Å². The molecule has 11 heteroatoms. The lowest BCUT2D eigenvalue weighted by Crippen LogP contribution is -2.53. The molecular weight excluding hydrogens is 462 g/mol. The number of hydrogen-bond acceptors (Lipinski definition) is 6. The molecule has 0 aliphatic heterocycles. The van der Waals surface area contributed by atoms with Crippen molar-refractivity contribution in [2.75, 3.05) is 0 Å². The van der Waals surface area contributed by atoms with Crippen molar-refractivity contribution in [1.29, 1.82) is 0 Å². The number of nitrogens with one attached hydrogen (secondary N) is 2. The van der Waals surface area contributed by atoms with Crippen LogP contribution in [0.25, 0.3) is 11.1 Å². The maximum Gasteiger partial charge on any atom is 0.303 e. The highest BCUT2D eigenvalue weighted by Crippen LogP contribution is 2.22. The van der Waals surface area contributed by atoms with Crippen molar-refractivity contribution < 1.29 is 34.2 Å². The van der Waals surface area contributed by atoms with Crippen LogP contribution in [0.3, 0.4) is 0 Å². The largest absolute Gasteiger partial charge is 0.481 e. The molecule has 0 radical (unpaired) electrons. The minimum absolute atomic E-state index is 0.0624. The van der Waals surface area contributed by atoms with Crippen molar-refractivity contribution in [2.45, 2.75) is 50.6 Å². The van der Waals surface area contributed by atoms with Crippen molar-refractivity contribution in [1.82, 2.24) is 10.6 Å². The van der Waals surface area contributed by atoms with E-state index in [1.807, 2.05) is 41.1 Å². The molecule has 3 amide bonds. The number of primary amides is 1. The van der Waals surface area contributed by atoms with E-state index in [0.717, 1.165) is 16.7 Å². The molecule has 0 bridgehead atoms. The Morgan fingerprint density at radius 1 is 0.824 bits per heavy atom. The molecule has 0 unspecified atom stereocenters.